The van der Waals surface area contributed by atoms with Crippen LogP contribution in [0.2, 0.25) is 0 Å². The van der Waals surface area contributed by atoms with Crippen molar-refractivity contribution >= 4 is 75.0 Å². The number of aromatic nitrogens is 3. The summed E-state index contributed by atoms with van der Waals surface area (Å²) in [6, 6.07) is 59.8. The lowest BCUT2D eigenvalue weighted by Crippen LogP contribution is -2.14. The quantitative estimate of drug-likeness (QED) is 0.167. The minimum absolute atomic E-state index is 0.103. The third kappa shape index (κ3) is 6.09. The van der Waals surface area contributed by atoms with Crippen molar-refractivity contribution in [1.29, 1.82) is 0 Å². The van der Waals surface area contributed by atoms with Gasteiger partial charge in [0.05, 0.1) is 26.9 Å². The van der Waals surface area contributed by atoms with Gasteiger partial charge in [0.1, 0.15) is 0 Å². The van der Waals surface area contributed by atoms with Crippen LogP contribution in [0.25, 0.3) is 103 Å². The van der Waals surface area contributed by atoms with E-state index >= 15 is 0 Å². The first kappa shape index (κ1) is 38.1. The van der Waals surface area contributed by atoms with Crippen LogP contribution in [0.5, 0.6) is 0 Å². The molecule has 1 aliphatic carbocycles. The second-order valence-corrected chi connectivity index (χ2v) is 17.2. The minimum Gasteiger partial charge on any atom is -0.277 e. The molecule has 0 amide bonds. The number of benzene rings is 8. The SMILES string of the molecule is C=CC.C=CC.CC1(C)c2ccc(-c3cccc4c5cc6ccccc6cc5n(-c5nc(-c6ccccc6)c6sc7ccccc7c6n5)c34)cc2-c2c1ccc1ccccc21. The average Bonchev–Trinajstić information content (AvgIpc) is 3.91. The Morgan fingerprint density at radius 2 is 1.18 bits per heavy atom. The van der Waals surface area contributed by atoms with Crippen molar-refractivity contribution in [3.63, 3.8) is 0 Å². The molecule has 3 nitrogen and oxygen atoms in total. The van der Waals surface area contributed by atoms with Crippen molar-refractivity contribution in [2.24, 2.45) is 0 Å². The van der Waals surface area contributed by atoms with Gasteiger partial charge in [-0.05, 0) is 87.5 Å². The zero-order chi connectivity index (χ0) is 41.8. The molecule has 0 bridgehead atoms. The molecular formula is C57H45N3S. The van der Waals surface area contributed by atoms with Gasteiger partial charge in [-0.15, -0.1) is 24.5 Å². The second kappa shape index (κ2) is 15.2. The van der Waals surface area contributed by atoms with E-state index in [1.54, 1.807) is 23.5 Å². The average molecular weight is 804 g/mol. The summed E-state index contributed by atoms with van der Waals surface area (Å²) in [6.45, 7) is 15.2. The fraction of sp³-hybridized carbons (Fsp3) is 0.0877. The van der Waals surface area contributed by atoms with Crippen molar-refractivity contribution in [2.75, 3.05) is 0 Å². The summed E-state index contributed by atoms with van der Waals surface area (Å²) in [5.41, 5.74) is 12.9. The van der Waals surface area contributed by atoms with Crippen molar-refractivity contribution in [1.82, 2.24) is 14.5 Å². The molecule has 0 saturated heterocycles. The number of nitrogens with zero attached hydrogens (tertiary/aromatic N) is 3. The van der Waals surface area contributed by atoms with Gasteiger partial charge in [0, 0.05) is 37.4 Å². The molecule has 0 unspecified atom stereocenters. The molecule has 0 atom stereocenters. The lowest BCUT2D eigenvalue weighted by molar-refractivity contribution is 0.661. The third-order valence-electron chi connectivity index (χ3n) is 12.0. The molecule has 12 rings (SSSR count). The van der Waals surface area contributed by atoms with Gasteiger partial charge in [-0.3, -0.25) is 4.57 Å². The molecule has 0 radical (unpaired) electrons. The van der Waals surface area contributed by atoms with Gasteiger partial charge in [0.15, 0.2) is 0 Å². The zero-order valence-electron chi connectivity index (χ0n) is 34.9. The summed E-state index contributed by atoms with van der Waals surface area (Å²) in [4.78, 5) is 11.0. The number of hydrogen-bond acceptors (Lipinski definition) is 3. The molecular weight excluding hydrogens is 759 g/mol. The third-order valence-corrected chi connectivity index (χ3v) is 13.2. The number of hydrogen-bond donors (Lipinski definition) is 0. The molecule has 294 valence electrons. The first-order valence-electron chi connectivity index (χ1n) is 20.9. The van der Waals surface area contributed by atoms with E-state index in [0.717, 1.165) is 43.5 Å². The summed E-state index contributed by atoms with van der Waals surface area (Å²) in [5.74, 6) is 0.677. The Bertz CT molecular complexity index is 3510. The predicted molar refractivity (Wildman–Crippen MR) is 264 cm³/mol. The van der Waals surface area contributed by atoms with Crippen LogP contribution in [-0.2, 0) is 5.41 Å². The minimum atomic E-state index is -0.103. The maximum absolute atomic E-state index is 5.53. The van der Waals surface area contributed by atoms with Gasteiger partial charge in [0.2, 0.25) is 5.95 Å². The summed E-state index contributed by atoms with van der Waals surface area (Å²) < 4.78 is 4.66. The van der Waals surface area contributed by atoms with E-state index in [1.807, 2.05) is 13.8 Å². The summed E-state index contributed by atoms with van der Waals surface area (Å²) >= 11 is 1.77. The highest BCUT2D eigenvalue weighted by atomic mass is 32.1. The lowest BCUT2D eigenvalue weighted by atomic mass is 9.82. The highest BCUT2D eigenvalue weighted by Gasteiger charge is 2.36. The van der Waals surface area contributed by atoms with E-state index in [0.29, 0.717) is 5.95 Å². The molecule has 0 N–H and O–H groups in total. The van der Waals surface area contributed by atoms with E-state index < -0.39 is 0 Å². The van der Waals surface area contributed by atoms with Crippen LogP contribution in [0, 0.1) is 0 Å². The van der Waals surface area contributed by atoms with Gasteiger partial charge in [0.25, 0.3) is 0 Å². The van der Waals surface area contributed by atoms with Gasteiger partial charge in [-0.25, -0.2) is 9.97 Å². The summed E-state index contributed by atoms with van der Waals surface area (Å²) in [7, 11) is 0. The standard InChI is InChI=1S/C51H33N3S.2C3H6/c1-51(2)41-25-24-34(28-40(41)45-35-18-9-8-13-30(35)23-26-42(45)51)36-20-12-21-37-39-27-32-16-6-7-17-33(32)29-43(39)54(48(36)37)50-52-46(31-14-4-3-5-15-31)49-47(53-50)38-19-10-11-22-44(38)55-49;2*1-3-2/h3-29H,1-2H3;2*3H,1H2,2H3. The van der Waals surface area contributed by atoms with Crippen molar-refractivity contribution in [3.8, 4) is 39.5 Å². The molecule has 11 aromatic rings. The van der Waals surface area contributed by atoms with Crippen LogP contribution in [0.1, 0.15) is 38.8 Å². The monoisotopic (exact) mass is 803 g/mol. The smallest absolute Gasteiger partial charge is 0.235 e. The second-order valence-electron chi connectivity index (χ2n) is 16.2. The van der Waals surface area contributed by atoms with E-state index in [9.17, 15) is 0 Å². The summed E-state index contributed by atoms with van der Waals surface area (Å²) in [6.07, 6.45) is 3.50. The maximum atomic E-state index is 5.53. The molecule has 3 aromatic heterocycles. The van der Waals surface area contributed by atoms with Crippen molar-refractivity contribution in [2.45, 2.75) is 33.1 Å². The van der Waals surface area contributed by atoms with Gasteiger partial charge >= 0.3 is 0 Å². The molecule has 0 saturated carbocycles. The van der Waals surface area contributed by atoms with Gasteiger partial charge in [-0.1, -0.05) is 166 Å². The highest BCUT2D eigenvalue weighted by molar-refractivity contribution is 7.26. The van der Waals surface area contributed by atoms with Crippen LogP contribution in [0.4, 0.5) is 0 Å². The van der Waals surface area contributed by atoms with Crippen LogP contribution >= 0.6 is 11.3 Å². The number of fused-ring (bicyclic) bond motifs is 12. The fourth-order valence-electron chi connectivity index (χ4n) is 9.35. The zero-order valence-corrected chi connectivity index (χ0v) is 35.7. The van der Waals surface area contributed by atoms with Crippen LogP contribution < -0.4 is 0 Å². The molecule has 1 aliphatic rings. The molecule has 61 heavy (non-hydrogen) atoms. The van der Waals surface area contributed by atoms with E-state index in [4.69, 9.17) is 9.97 Å². The lowest BCUT2D eigenvalue weighted by Gasteiger charge is -2.21. The first-order chi connectivity index (χ1) is 29.9. The molecule has 0 fully saturated rings. The Hall–Kier alpha value is -7.14. The van der Waals surface area contributed by atoms with E-state index in [1.165, 1.54) is 64.8 Å². The number of para-hydroxylation sites is 1. The molecule has 0 spiro atoms. The number of allylic oxidation sites excluding steroid dienone is 2. The molecule has 4 heteroatoms. The number of rotatable bonds is 3. The summed E-state index contributed by atoms with van der Waals surface area (Å²) in [5, 5.41) is 8.51. The predicted octanol–water partition coefficient (Wildman–Crippen LogP) is 16.3. The topological polar surface area (TPSA) is 30.7 Å². The molecule has 3 heterocycles. The van der Waals surface area contributed by atoms with Crippen molar-refractivity contribution < 1.29 is 0 Å². The molecule has 8 aromatic carbocycles. The van der Waals surface area contributed by atoms with Crippen LogP contribution in [0.3, 0.4) is 0 Å². The van der Waals surface area contributed by atoms with Crippen molar-refractivity contribution in [3.05, 3.63) is 200 Å². The Labute approximate surface area is 360 Å². The number of thiophene rings is 1. The van der Waals surface area contributed by atoms with Crippen LogP contribution in [0.15, 0.2) is 189 Å². The van der Waals surface area contributed by atoms with E-state index in [-0.39, 0.29) is 5.41 Å². The Morgan fingerprint density at radius 3 is 1.95 bits per heavy atom. The first-order valence-corrected chi connectivity index (χ1v) is 21.7. The Kier molecular flexibility index (Phi) is 9.46. The normalized spacial score (nSPS) is 12.5. The Balaban J connectivity index is 0.000000704. The fourth-order valence-corrected chi connectivity index (χ4v) is 10.5. The maximum Gasteiger partial charge on any atom is 0.235 e. The largest absolute Gasteiger partial charge is 0.277 e. The molecule has 0 aliphatic heterocycles. The van der Waals surface area contributed by atoms with Crippen LogP contribution in [-0.4, -0.2) is 14.5 Å². The van der Waals surface area contributed by atoms with Gasteiger partial charge < -0.3 is 0 Å². The Morgan fingerprint density at radius 1 is 0.541 bits per heavy atom. The van der Waals surface area contributed by atoms with Gasteiger partial charge in [-0.2, -0.15) is 0 Å². The highest BCUT2D eigenvalue weighted by Crippen LogP contribution is 2.53. The van der Waals surface area contributed by atoms with E-state index in [2.05, 4.69) is 195 Å².